The van der Waals surface area contributed by atoms with Crippen LogP contribution in [0, 0.1) is 13.8 Å². The zero-order valence-electron chi connectivity index (χ0n) is 21.1. The quantitative estimate of drug-likeness (QED) is 0.432. The molecule has 4 aromatic rings. The van der Waals surface area contributed by atoms with Crippen molar-refractivity contribution in [1.82, 2.24) is 19.2 Å². The van der Waals surface area contributed by atoms with Crippen LogP contribution in [-0.4, -0.2) is 69.8 Å². The van der Waals surface area contributed by atoms with Crippen molar-refractivity contribution in [2.24, 2.45) is 7.05 Å². The first-order valence-electron chi connectivity index (χ1n) is 12.4. The number of aliphatic hydroxyl groups is 1. The molecular formula is C28H33N5O3. The largest absolute Gasteiger partial charge is 0.473 e. The monoisotopic (exact) mass is 487 g/mol. The molecule has 3 heterocycles. The van der Waals surface area contributed by atoms with Gasteiger partial charge >= 0.3 is 0 Å². The van der Waals surface area contributed by atoms with Crippen LogP contribution in [0.25, 0.3) is 16.5 Å². The Balaban J connectivity index is 1.30. The Kier molecular flexibility index (Phi) is 6.80. The number of β-amino-alcohol motifs (C(OH)–C–C–N with tert-alkyl or cyclic N) is 1. The fourth-order valence-electron chi connectivity index (χ4n) is 5.17. The lowest BCUT2D eigenvalue weighted by Crippen LogP contribution is -2.49. The fraction of sp³-hybridized carbons (Fsp3) is 0.357. The number of aryl methyl sites for hydroxylation is 3. The smallest absolute Gasteiger partial charge is 0.276 e. The molecular weight excluding hydrogens is 454 g/mol. The first kappa shape index (κ1) is 24.1. The summed E-state index contributed by atoms with van der Waals surface area (Å²) in [5.41, 5.74) is 3.79. The number of para-hydroxylation sites is 2. The molecule has 0 saturated carbocycles. The number of nitrogens with zero attached hydrogens (tertiary/aromatic N) is 5. The lowest BCUT2D eigenvalue weighted by atomic mass is 10.2. The van der Waals surface area contributed by atoms with E-state index < -0.39 is 6.10 Å². The molecule has 1 aliphatic heterocycles. The number of piperazine rings is 1. The Morgan fingerprint density at radius 2 is 1.47 bits per heavy atom. The lowest BCUT2D eigenvalue weighted by molar-refractivity contribution is 0.0646. The number of hydrogen-bond acceptors (Lipinski definition) is 6. The van der Waals surface area contributed by atoms with Crippen molar-refractivity contribution in [1.29, 1.82) is 0 Å². The van der Waals surface area contributed by atoms with Crippen LogP contribution in [0.1, 0.15) is 11.4 Å². The SMILES string of the molecule is Cc1c2c(OCC(O)CN3CCN(c4ccccc4)CC3)nn(C)c(=O)c2c(C)n1-c1ccccc1. The van der Waals surface area contributed by atoms with E-state index in [1.54, 1.807) is 7.05 Å². The highest BCUT2D eigenvalue weighted by molar-refractivity contribution is 5.92. The molecule has 0 spiro atoms. The molecule has 0 bridgehead atoms. The second-order valence-corrected chi connectivity index (χ2v) is 9.41. The number of ether oxygens (including phenoxy) is 1. The van der Waals surface area contributed by atoms with Gasteiger partial charge in [0.1, 0.15) is 12.7 Å². The van der Waals surface area contributed by atoms with E-state index in [0.717, 1.165) is 43.3 Å². The van der Waals surface area contributed by atoms with Gasteiger partial charge in [0, 0.05) is 62.5 Å². The summed E-state index contributed by atoms with van der Waals surface area (Å²) in [7, 11) is 1.63. The lowest BCUT2D eigenvalue weighted by Gasteiger charge is -2.36. The van der Waals surface area contributed by atoms with Gasteiger partial charge in [0.25, 0.3) is 5.56 Å². The molecule has 5 rings (SSSR count). The van der Waals surface area contributed by atoms with Gasteiger partial charge in [0.15, 0.2) is 0 Å². The molecule has 1 atom stereocenters. The van der Waals surface area contributed by atoms with E-state index >= 15 is 0 Å². The standard InChI is InChI=1S/C28H33N5O3/c1-20-25-26(21(2)33(20)23-12-8-5-9-13-23)28(35)30(3)29-27(25)36-19-24(34)18-31-14-16-32(17-15-31)22-10-6-4-7-11-22/h4-13,24,34H,14-19H2,1-3H3. The van der Waals surface area contributed by atoms with Crippen molar-refractivity contribution in [3.05, 3.63) is 82.4 Å². The summed E-state index contributed by atoms with van der Waals surface area (Å²) in [5.74, 6) is 0.371. The second kappa shape index (κ2) is 10.2. The predicted octanol–water partition coefficient (Wildman–Crippen LogP) is 2.90. The van der Waals surface area contributed by atoms with Gasteiger partial charge in [-0.15, -0.1) is 5.10 Å². The maximum Gasteiger partial charge on any atom is 0.276 e. The highest BCUT2D eigenvalue weighted by atomic mass is 16.5. The summed E-state index contributed by atoms with van der Waals surface area (Å²) in [6.45, 7) is 8.16. The number of benzene rings is 2. The topological polar surface area (TPSA) is 75.8 Å². The Morgan fingerprint density at radius 1 is 0.889 bits per heavy atom. The highest BCUT2D eigenvalue weighted by Gasteiger charge is 2.23. The van der Waals surface area contributed by atoms with Gasteiger partial charge in [-0.1, -0.05) is 36.4 Å². The highest BCUT2D eigenvalue weighted by Crippen LogP contribution is 2.31. The van der Waals surface area contributed by atoms with Crippen LogP contribution in [0.5, 0.6) is 5.88 Å². The molecule has 0 aliphatic carbocycles. The summed E-state index contributed by atoms with van der Waals surface area (Å²) in [6.07, 6.45) is -0.667. The summed E-state index contributed by atoms with van der Waals surface area (Å²) < 4.78 is 9.44. The van der Waals surface area contributed by atoms with E-state index in [-0.39, 0.29) is 12.2 Å². The minimum atomic E-state index is -0.667. The Bertz CT molecular complexity index is 1390. The number of anilines is 1. The minimum Gasteiger partial charge on any atom is -0.473 e. The van der Waals surface area contributed by atoms with Crippen molar-refractivity contribution < 1.29 is 9.84 Å². The molecule has 2 aromatic carbocycles. The molecule has 188 valence electrons. The molecule has 1 unspecified atom stereocenters. The summed E-state index contributed by atoms with van der Waals surface area (Å²) >= 11 is 0. The molecule has 2 aromatic heterocycles. The number of aromatic nitrogens is 3. The maximum atomic E-state index is 13.0. The van der Waals surface area contributed by atoms with E-state index in [9.17, 15) is 9.90 Å². The summed E-state index contributed by atoms with van der Waals surface area (Å²) in [4.78, 5) is 17.6. The number of rotatable bonds is 7. The van der Waals surface area contributed by atoms with Gasteiger partial charge in [0.2, 0.25) is 5.88 Å². The third-order valence-corrected chi connectivity index (χ3v) is 7.00. The molecule has 1 saturated heterocycles. The molecule has 1 N–H and O–H groups in total. The van der Waals surface area contributed by atoms with Gasteiger partial charge in [-0.25, -0.2) is 4.68 Å². The van der Waals surface area contributed by atoms with E-state index in [1.165, 1.54) is 10.4 Å². The van der Waals surface area contributed by atoms with Crippen LogP contribution in [0.15, 0.2) is 65.5 Å². The summed E-state index contributed by atoms with van der Waals surface area (Å²) in [6, 6.07) is 20.4. The van der Waals surface area contributed by atoms with Crippen molar-refractivity contribution in [2.75, 3.05) is 44.2 Å². The fourth-order valence-corrected chi connectivity index (χ4v) is 5.17. The van der Waals surface area contributed by atoms with E-state index in [2.05, 4.69) is 43.7 Å². The number of hydrogen-bond donors (Lipinski definition) is 1. The van der Waals surface area contributed by atoms with E-state index in [4.69, 9.17) is 4.74 Å². The maximum absolute atomic E-state index is 13.0. The number of fused-ring (bicyclic) bond motifs is 1. The van der Waals surface area contributed by atoms with Crippen LogP contribution in [0.2, 0.25) is 0 Å². The van der Waals surface area contributed by atoms with Crippen LogP contribution >= 0.6 is 0 Å². The van der Waals surface area contributed by atoms with Crippen LogP contribution in [0.3, 0.4) is 0 Å². The molecule has 8 heteroatoms. The third-order valence-electron chi connectivity index (χ3n) is 7.00. The average molecular weight is 488 g/mol. The van der Waals surface area contributed by atoms with Crippen molar-refractivity contribution in [3.8, 4) is 11.6 Å². The van der Waals surface area contributed by atoms with E-state index in [0.29, 0.717) is 23.2 Å². The molecule has 0 amide bonds. The van der Waals surface area contributed by atoms with Crippen molar-refractivity contribution >= 4 is 16.5 Å². The minimum absolute atomic E-state index is 0.105. The molecule has 36 heavy (non-hydrogen) atoms. The Morgan fingerprint density at radius 3 is 2.11 bits per heavy atom. The molecule has 1 fully saturated rings. The van der Waals surface area contributed by atoms with Gasteiger partial charge < -0.3 is 19.3 Å². The first-order valence-corrected chi connectivity index (χ1v) is 12.4. The molecule has 1 aliphatic rings. The van der Waals surface area contributed by atoms with Crippen LogP contribution < -0.4 is 15.2 Å². The zero-order valence-corrected chi connectivity index (χ0v) is 21.1. The van der Waals surface area contributed by atoms with Crippen LogP contribution in [-0.2, 0) is 7.05 Å². The Labute approximate surface area is 210 Å². The Hall–Kier alpha value is -3.62. The van der Waals surface area contributed by atoms with Crippen molar-refractivity contribution in [2.45, 2.75) is 20.0 Å². The van der Waals surface area contributed by atoms with Gasteiger partial charge in [-0.2, -0.15) is 0 Å². The van der Waals surface area contributed by atoms with Crippen LogP contribution in [0.4, 0.5) is 5.69 Å². The normalized spacial score (nSPS) is 15.4. The van der Waals surface area contributed by atoms with E-state index in [1.807, 2.05) is 50.2 Å². The second-order valence-electron chi connectivity index (χ2n) is 9.41. The average Bonchev–Trinajstić information content (AvgIpc) is 3.17. The number of aliphatic hydroxyl groups excluding tert-OH is 1. The van der Waals surface area contributed by atoms with Gasteiger partial charge in [0.05, 0.1) is 10.8 Å². The van der Waals surface area contributed by atoms with Gasteiger partial charge in [-0.05, 0) is 38.1 Å². The summed E-state index contributed by atoms with van der Waals surface area (Å²) in [5, 5.41) is 16.5. The zero-order chi connectivity index (χ0) is 25.2. The predicted molar refractivity (Wildman–Crippen MR) is 142 cm³/mol. The molecule has 0 radical (unpaired) electrons. The van der Waals surface area contributed by atoms with Crippen molar-refractivity contribution in [3.63, 3.8) is 0 Å². The third kappa shape index (κ3) is 4.62. The first-order chi connectivity index (χ1) is 17.4. The van der Waals surface area contributed by atoms with Gasteiger partial charge in [-0.3, -0.25) is 9.69 Å². The molecule has 8 nitrogen and oxygen atoms in total.